The highest BCUT2D eigenvalue weighted by atomic mass is 19.2. The first-order chi connectivity index (χ1) is 6.56. The van der Waals surface area contributed by atoms with E-state index >= 15 is 0 Å². The predicted octanol–water partition coefficient (Wildman–Crippen LogP) is 2.68. The summed E-state index contributed by atoms with van der Waals surface area (Å²) in [4.78, 5) is 0. The molecule has 2 N–H and O–H groups in total. The van der Waals surface area contributed by atoms with Gasteiger partial charge in [0.05, 0.1) is 0 Å². The average molecular weight is 201 g/mol. The Bertz CT molecular complexity index is 326. The molecule has 0 aliphatic carbocycles. The van der Waals surface area contributed by atoms with E-state index in [4.69, 9.17) is 5.73 Å². The summed E-state index contributed by atoms with van der Waals surface area (Å²) in [5.74, 6) is -3.92. The molecule has 14 heavy (non-hydrogen) atoms. The summed E-state index contributed by atoms with van der Waals surface area (Å²) < 4.78 is 38.0. The van der Waals surface area contributed by atoms with Crippen LogP contribution in [-0.2, 0) is 0 Å². The number of nitrogens with two attached hydrogens (primary N) is 1. The normalized spacial score (nSPS) is 12.6. The standard InChI is InChI=1S/C10H10F3N/c1-2-3-9(14)6-4-7(11)10(13)8(12)5-6/h2,4-5,9H,1,3,14H2. The third kappa shape index (κ3) is 2.14. The topological polar surface area (TPSA) is 26.0 Å². The first-order valence-electron chi connectivity index (χ1n) is 4.07. The summed E-state index contributed by atoms with van der Waals surface area (Å²) in [5.41, 5.74) is 5.79. The molecular formula is C10H10F3N. The minimum absolute atomic E-state index is 0.223. The quantitative estimate of drug-likeness (QED) is 0.590. The highest BCUT2D eigenvalue weighted by molar-refractivity contribution is 5.22. The molecule has 1 unspecified atom stereocenters. The van der Waals surface area contributed by atoms with E-state index in [0.717, 1.165) is 12.1 Å². The molecule has 0 aliphatic rings. The van der Waals surface area contributed by atoms with Gasteiger partial charge in [0.25, 0.3) is 0 Å². The molecule has 1 aromatic rings. The Hall–Kier alpha value is -1.29. The molecule has 1 aromatic carbocycles. The highest BCUT2D eigenvalue weighted by Gasteiger charge is 2.13. The first-order valence-corrected chi connectivity index (χ1v) is 4.07. The maximum atomic E-state index is 12.7. The fourth-order valence-corrected chi connectivity index (χ4v) is 1.10. The lowest BCUT2D eigenvalue weighted by Crippen LogP contribution is -2.10. The van der Waals surface area contributed by atoms with Crippen molar-refractivity contribution in [3.8, 4) is 0 Å². The molecule has 0 spiro atoms. The molecule has 0 bridgehead atoms. The molecule has 0 aromatic heterocycles. The van der Waals surface area contributed by atoms with Crippen molar-refractivity contribution in [3.63, 3.8) is 0 Å². The van der Waals surface area contributed by atoms with Crippen LogP contribution in [0.25, 0.3) is 0 Å². The number of halogens is 3. The second kappa shape index (κ2) is 4.28. The van der Waals surface area contributed by atoms with Crippen LogP contribution in [0.5, 0.6) is 0 Å². The maximum Gasteiger partial charge on any atom is 0.194 e. The molecule has 0 fully saturated rings. The molecule has 76 valence electrons. The molecule has 0 saturated heterocycles. The zero-order chi connectivity index (χ0) is 10.7. The minimum atomic E-state index is -1.47. The Labute approximate surface area is 80.0 Å². The van der Waals surface area contributed by atoms with E-state index < -0.39 is 23.5 Å². The number of hydrogen-bond acceptors (Lipinski definition) is 1. The van der Waals surface area contributed by atoms with Gasteiger partial charge in [-0.1, -0.05) is 6.08 Å². The Morgan fingerprint density at radius 3 is 2.21 bits per heavy atom. The third-order valence-corrected chi connectivity index (χ3v) is 1.85. The Morgan fingerprint density at radius 1 is 1.29 bits per heavy atom. The summed E-state index contributed by atoms with van der Waals surface area (Å²) >= 11 is 0. The minimum Gasteiger partial charge on any atom is -0.324 e. The molecule has 0 saturated carbocycles. The molecule has 4 heteroatoms. The van der Waals surface area contributed by atoms with Crippen LogP contribution >= 0.6 is 0 Å². The molecule has 0 radical (unpaired) electrons. The molecule has 0 heterocycles. The molecule has 1 atom stereocenters. The Kier molecular flexibility index (Phi) is 3.30. The third-order valence-electron chi connectivity index (χ3n) is 1.85. The van der Waals surface area contributed by atoms with E-state index in [1.54, 1.807) is 0 Å². The van der Waals surface area contributed by atoms with Gasteiger partial charge in [0.1, 0.15) is 0 Å². The van der Waals surface area contributed by atoms with Gasteiger partial charge < -0.3 is 5.73 Å². The van der Waals surface area contributed by atoms with Crippen LogP contribution < -0.4 is 5.73 Å². The van der Waals surface area contributed by atoms with Crippen LogP contribution in [0, 0.1) is 17.5 Å². The lowest BCUT2D eigenvalue weighted by atomic mass is 10.0. The Morgan fingerprint density at radius 2 is 1.79 bits per heavy atom. The second-order valence-electron chi connectivity index (χ2n) is 2.93. The highest BCUT2D eigenvalue weighted by Crippen LogP contribution is 2.19. The smallest absolute Gasteiger partial charge is 0.194 e. The zero-order valence-electron chi connectivity index (χ0n) is 7.43. The van der Waals surface area contributed by atoms with Crippen molar-refractivity contribution < 1.29 is 13.2 Å². The zero-order valence-corrected chi connectivity index (χ0v) is 7.43. The van der Waals surface area contributed by atoms with Crippen molar-refractivity contribution in [2.24, 2.45) is 5.73 Å². The van der Waals surface area contributed by atoms with Crippen LogP contribution in [0.1, 0.15) is 18.0 Å². The van der Waals surface area contributed by atoms with Gasteiger partial charge in [-0.15, -0.1) is 6.58 Å². The van der Waals surface area contributed by atoms with Gasteiger partial charge in [0.2, 0.25) is 0 Å². The van der Waals surface area contributed by atoms with Gasteiger partial charge in [-0.2, -0.15) is 0 Å². The van der Waals surface area contributed by atoms with E-state index in [2.05, 4.69) is 6.58 Å². The lowest BCUT2D eigenvalue weighted by molar-refractivity contribution is 0.443. The summed E-state index contributed by atoms with van der Waals surface area (Å²) in [6.45, 7) is 3.45. The predicted molar refractivity (Wildman–Crippen MR) is 48.1 cm³/mol. The summed E-state index contributed by atoms with van der Waals surface area (Å²) in [6.07, 6.45) is 1.91. The number of benzene rings is 1. The summed E-state index contributed by atoms with van der Waals surface area (Å²) in [5, 5.41) is 0. The first kappa shape index (κ1) is 10.8. The molecule has 1 nitrogen and oxygen atoms in total. The van der Waals surface area contributed by atoms with Crippen molar-refractivity contribution in [2.45, 2.75) is 12.5 Å². The van der Waals surface area contributed by atoms with Crippen LogP contribution in [-0.4, -0.2) is 0 Å². The van der Waals surface area contributed by atoms with Gasteiger partial charge in [0, 0.05) is 6.04 Å². The van der Waals surface area contributed by atoms with E-state index in [9.17, 15) is 13.2 Å². The van der Waals surface area contributed by atoms with Crippen LogP contribution in [0.4, 0.5) is 13.2 Å². The SMILES string of the molecule is C=CCC(N)c1cc(F)c(F)c(F)c1. The number of rotatable bonds is 3. The lowest BCUT2D eigenvalue weighted by Gasteiger charge is -2.09. The molecular weight excluding hydrogens is 191 g/mol. The van der Waals surface area contributed by atoms with Crippen LogP contribution in [0.15, 0.2) is 24.8 Å². The molecule has 0 aliphatic heterocycles. The summed E-state index contributed by atoms with van der Waals surface area (Å²) in [7, 11) is 0. The van der Waals surface area contributed by atoms with E-state index in [0.29, 0.717) is 6.42 Å². The summed E-state index contributed by atoms with van der Waals surface area (Å²) in [6, 6.07) is 1.23. The van der Waals surface area contributed by atoms with E-state index in [1.807, 2.05) is 0 Å². The van der Waals surface area contributed by atoms with Crippen molar-refractivity contribution in [3.05, 3.63) is 47.8 Å². The van der Waals surface area contributed by atoms with Crippen molar-refractivity contribution in [1.82, 2.24) is 0 Å². The largest absolute Gasteiger partial charge is 0.324 e. The van der Waals surface area contributed by atoms with E-state index in [1.165, 1.54) is 6.08 Å². The number of hydrogen-bond donors (Lipinski definition) is 1. The second-order valence-corrected chi connectivity index (χ2v) is 2.93. The van der Waals surface area contributed by atoms with Gasteiger partial charge in [0.15, 0.2) is 17.5 Å². The van der Waals surface area contributed by atoms with Crippen LogP contribution in [0.2, 0.25) is 0 Å². The Balaban J connectivity index is 3.05. The van der Waals surface area contributed by atoms with Crippen LogP contribution in [0.3, 0.4) is 0 Å². The van der Waals surface area contributed by atoms with Gasteiger partial charge >= 0.3 is 0 Å². The fourth-order valence-electron chi connectivity index (χ4n) is 1.10. The van der Waals surface area contributed by atoms with E-state index in [-0.39, 0.29) is 5.56 Å². The van der Waals surface area contributed by atoms with Gasteiger partial charge in [-0.05, 0) is 24.1 Å². The van der Waals surface area contributed by atoms with Gasteiger partial charge in [-0.3, -0.25) is 0 Å². The fraction of sp³-hybridized carbons (Fsp3) is 0.200. The van der Waals surface area contributed by atoms with Crippen molar-refractivity contribution in [2.75, 3.05) is 0 Å². The monoisotopic (exact) mass is 201 g/mol. The molecule has 0 amide bonds. The van der Waals surface area contributed by atoms with Crippen molar-refractivity contribution >= 4 is 0 Å². The maximum absolute atomic E-state index is 12.7. The average Bonchev–Trinajstić information content (AvgIpc) is 2.13. The van der Waals surface area contributed by atoms with Crippen molar-refractivity contribution in [1.29, 1.82) is 0 Å². The molecule has 1 rings (SSSR count). The van der Waals surface area contributed by atoms with Gasteiger partial charge in [-0.25, -0.2) is 13.2 Å².